The smallest absolute Gasteiger partial charge is 0.292 e. The second kappa shape index (κ2) is 11.8. The van der Waals surface area contributed by atoms with Crippen LogP contribution in [0.3, 0.4) is 0 Å². The highest BCUT2D eigenvalue weighted by atomic mass is 79.9. The van der Waals surface area contributed by atoms with Crippen LogP contribution in [0.25, 0.3) is 0 Å². The maximum Gasteiger partial charge on any atom is 0.292 e. The van der Waals surface area contributed by atoms with E-state index in [9.17, 15) is 14.4 Å². The summed E-state index contributed by atoms with van der Waals surface area (Å²) in [6.07, 6.45) is 0.916. The number of Topliss-reactive ketones (excluding diaryl/α,β-unsaturated/α-hetero) is 1. The summed E-state index contributed by atoms with van der Waals surface area (Å²) in [4.78, 5) is 35.8. The topological polar surface area (TPSA) is 93.7 Å². The van der Waals surface area contributed by atoms with Gasteiger partial charge in [0.2, 0.25) is 5.91 Å². The summed E-state index contributed by atoms with van der Waals surface area (Å²) >= 11 is 3.26. The second-order valence-corrected chi connectivity index (χ2v) is 6.35. The van der Waals surface area contributed by atoms with E-state index < -0.39 is 11.7 Å². The van der Waals surface area contributed by atoms with Crippen LogP contribution in [0.15, 0.2) is 22.7 Å². The Labute approximate surface area is 161 Å². The van der Waals surface area contributed by atoms with Gasteiger partial charge in [0, 0.05) is 37.6 Å². The van der Waals surface area contributed by atoms with Gasteiger partial charge < -0.3 is 20.1 Å². The summed E-state index contributed by atoms with van der Waals surface area (Å²) in [5, 5.41) is 5.15. The van der Waals surface area contributed by atoms with Crippen LogP contribution in [0.1, 0.15) is 44.0 Å². The third-order valence-electron chi connectivity index (χ3n) is 3.35. The Bertz CT molecular complexity index is 630. The van der Waals surface area contributed by atoms with Crippen LogP contribution in [0, 0.1) is 0 Å². The Hall–Kier alpha value is -1.77. The summed E-state index contributed by atoms with van der Waals surface area (Å²) < 4.78 is 11.5. The number of benzene rings is 1. The molecule has 7 nitrogen and oxygen atoms in total. The molecule has 0 unspecified atom stereocenters. The van der Waals surface area contributed by atoms with Gasteiger partial charge >= 0.3 is 0 Å². The molecule has 2 N–H and O–H groups in total. The summed E-state index contributed by atoms with van der Waals surface area (Å²) in [5.74, 6) is -1.75. The molecule has 1 aromatic rings. The fraction of sp³-hybridized carbons (Fsp3) is 0.500. The molecule has 0 spiro atoms. The molecule has 0 atom stereocenters. The lowest BCUT2D eigenvalue weighted by atomic mass is 10.1. The second-order valence-electron chi connectivity index (χ2n) is 5.44. The quantitative estimate of drug-likeness (QED) is 0.244. The highest BCUT2D eigenvalue weighted by molar-refractivity contribution is 9.10. The van der Waals surface area contributed by atoms with Gasteiger partial charge in [0.1, 0.15) is 0 Å². The van der Waals surface area contributed by atoms with Crippen molar-refractivity contribution < 1.29 is 23.9 Å². The fourth-order valence-electron chi connectivity index (χ4n) is 2.26. The molecule has 1 aromatic carbocycles. The minimum atomic E-state index is -0.723. The average molecular weight is 429 g/mol. The number of hydrogen-bond acceptors (Lipinski definition) is 5. The van der Waals surface area contributed by atoms with Gasteiger partial charge in [-0.2, -0.15) is 0 Å². The van der Waals surface area contributed by atoms with E-state index in [-0.39, 0.29) is 17.8 Å². The molecule has 0 saturated heterocycles. The Kier molecular flexibility index (Phi) is 10.1. The van der Waals surface area contributed by atoms with Crippen LogP contribution in [0.5, 0.6) is 0 Å². The first-order chi connectivity index (χ1) is 12.4. The zero-order chi connectivity index (χ0) is 19.5. The van der Waals surface area contributed by atoms with Gasteiger partial charge in [-0.05, 0) is 38.5 Å². The predicted molar refractivity (Wildman–Crippen MR) is 102 cm³/mol. The Balaban J connectivity index is 2.61. The molecule has 1 rings (SSSR count). The first-order valence-electron chi connectivity index (χ1n) is 8.51. The van der Waals surface area contributed by atoms with E-state index in [0.717, 1.165) is 0 Å². The van der Waals surface area contributed by atoms with Crippen molar-refractivity contribution in [1.29, 1.82) is 0 Å². The van der Waals surface area contributed by atoms with Crippen molar-refractivity contribution in [2.45, 2.75) is 39.9 Å². The van der Waals surface area contributed by atoms with Gasteiger partial charge in [0.15, 0.2) is 6.29 Å². The molecule has 0 radical (unpaired) electrons. The number of anilines is 1. The summed E-state index contributed by atoms with van der Waals surface area (Å²) in [6.45, 7) is 6.52. The molecule has 0 heterocycles. The van der Waals surface area contributed by atoms with Crippen LogP contribution in [0.4, 0.5) is 5.69 Å². The molecule has 0 aliphatic carbocycles. The van der Waals surface area contributed by atoms with Gasteiger partial charge in [-0.1, -0.05) is 15.9 Å². The standard InChI is InChI=1S/C18H25BrN2O5/c1-4-25-16(26-5-2)7-6-10-20-18(24)17(23)14-11-13(19)8-9-15(14)21-12(3)22/h8-9,11,16H,4-7,10H2,1-3H3,(H,20,24)(H,21,22). The van der Waals surface area contributed by atoms with Gasteiger partial charge in [0.05, 0.1) is 11.3 Å². The molecule has 0 aliphatic heterocycles. The number of carbonyl (C=O) groups is 3. The predicted octanol–water partition coefficient (Wildman–Crippen LogP) is 2.89. The first kappa shape index (κ1) is 22.3. The number of nitrogens with one attached hydrogen (secondary N) is 2. The van der Waals surface area contributed by atoms with Crippen molar-refractivity contribution in [1.82, 2.24) is 5.32 Å². The van der Waals surface area contributed by atoms with E-state index in [4.69, 9.17) is 9.47 Å². The van der Waals surface area contributed by atoms with Crippen molar-refractivity contribution in [3.05, 3.63) is 28.2 Å². The third kappa shape index (κ3) is 7.63. The van der Waals surface area contributed by atoms with Crippen LogP contribution in [0.2, 0.25) is 0 Å². The lowest BCUT2D eigenvalue weighted by Crippen LogP contribution is -2.33. The van der Waals surface area contributed by atoms with E-state index in [1.165, 1.54) is 13.0 Å². The van der Waals surface area contributed by atoms with E-state index in [0.29, 0.717) is 42.8 Å². The van der Waals surface area contributed by atoms with E-state index in [1.54, 1.807) is 12.1 Å². The number of halogens is 1. The first-order valence-corrected chi connectivity index (χ1v) is 9.31. The normalized spacial score (nSPS) is 10.7. The van der Waals surface area contributed by atoms with Crippen molar-refractivity contribution >= 4 is 39.2 Å². The fourth-order valence-corrected chi connectivity index (χ4v) is 2.62. The Morgan fingerprint density at radius 1 is 1.15 bits per heavy atom. The van der Waals surface area contributed by atoms with Crippen LogP contribution < -0.4 is 10.6 Å². The summed E-state index contributed by atoms with van der Waals surface area (Å²) in [6, 6.07) is 4.76. The monoisotopic (exact) mass is 428 g/mol. The summed E-state index contributed by atoms with van der Waals surface area (Å²) in [5.41, 5.74) is 0.433. The SMILES string of the molecule is CCOC(CCCNC(=O)C(=O)c1cc(Br)ccc1NC(C)=O)OCC. The Morgan fingerprint density at radius 2 is 1.81 bits per heavy atom. The molecule has 144 valence electrons. The van der Waals surface area contributed by atoms with Crippen LogP contribution >= 0.6 is 15.9 Å². The van der Waals surface area contributed by atoms with E-state index in [1.807, 2.05) is 13.8 Å². The molecule has 0 aromatic heterocycles. The van der Waals surface area contributed by atoms with E-state index >= 15 is 0 Å². The number of carbonyl (C=O) groups excluding carboxylic acids is 3. The van der Waals surface area contributed by atoms with Gasteiger partial charge in [-0.3, -0.25) is 14.4 Å². The molecular formula is C18H25BrN2O5. The van der Waals surface area contributed by atoms with Crippen molar-refractivity contribution in [3.63, 3.8) is 0 Å². The van der Waals surface area contributed by atoms with Crippen LogP contribution in [-0.4, -0.2) is 43.6 Å². The molecule has 0 aliphatic rings. The molecular weight excluding hydrogens is 404 g/mol. The maximum absolute atomic E-state index is 12.4. The van der Waals surface area contributed by atoms with Gasteiger partial charge in [-0.15, -0.1) is 0 Å². The highest BCUT2D eigenvalue weighted by Crippen LogP contribution is 2.21. The Morgan fingerprint density at radius 3 is 2.38 bits per heavy atom. The number of ether oxygens (including phenoxy) is 2. The lowest BCUT2D eigenvalue weighted by molar-refractivity contribution is -0.140. The van der Waals surface area contributed by atoms with Crippen molar-refractivity contribution in [2.24, 2.45) is 0 Å². The van der Waals surface area contributed by atoms with Crippen molar-refractivity contribution in [3.8, 4) is 0 Å². The number of amides is 2. The van der Waals surface area contributed by atoms with E-state index in [2.05, 4.69) is 26.6 Å². The maximum atomic E-state index is 12.4. The number of ketones is 1. The number of hydrogen-bond donors (Lipinski definition) is 2. The molecule has 0 fully saturated rings. The van der Waals surface area contributed by atoms with Gasteiger partial charge in [0.25, 0.3) is 11.7 Å². The number of rotatable bonds is 11. The zero-order valence-corrected chi connectivity index (χ0v) is 16.9. The lowest BCUT2D eigenvalue weighted by Gasteiger charge is -2.16. The molecule has 8 heteroatoms. The highest BCUT2D eigenvalue weighted by Gasteiger charge is 2.20. The molecule has 2 amide bonds. The zero-order valence-electron chi connectivity index (χ0n) is 15.3. The largest absolute Gasteiger partial charge is 0.353 e. The molecule has 0 saturated carbocycles. The minimum Gasteiger partial charge on any atom is -0.353 e. The van der Waals surface area contributed by atoms with Crippen LogP contribution in [-0.2, 0) is 19.1 Å². The molecule has 0 bridgehead atoms. The summed E-state index contributed by atoms with van der Waals surface area (Å²) in [7, 11) is 0. The minimum absolute atomic E-state index is 0.133. The van der Waals surface area contributed by atoms with Crippen molar-refractivity contribution in [2.75, 3.05) is 25.1 Å². The van der Waals surface area contributed by atoms with Gasteiger partial charge in [-0.25, -0.2) is 0 Å². The third-order valence-corrected chi connectivity index (χ3v) is 3.84. The molecule has 26 heavy (non-hydrogen) atoms. The average Bonchev–Trinajstić information content (AvgIpc) is 2.59.